The molecule has 1 aliphatic heterocycles. The number of imide groups is 1. The summed E-state index contributed by atoms with van der Waals surface area (Å²) in [6.45, 7) is 0.802. The molecule has 16 heavy (non-hydrogen) atoms. The van der Waals surface area contributed by atoms with Crippen molar-refractivity contribution in [2.45, 2.75) is 37.6 Å². The molecule has 0 unspecified atom stereocenters. The van der Waals surface area contributed by atoms with E-state index in [9.17, 15) is 9.59 Å². The Morgan fingerprint density at radius 1 is 1.31 bits per heavy atom. The Morgan fingerprint density at radius 3 is 2.44 bits per heavy atom. The Kier molecular flexibility index (Phi) is 3.25. The number of hydrogen-bond acceptors (Lipinski definition) is 4. The summed E-state index contributed by atoms with van der Waals surface area (Å²) in [5.41, 5.74) is 5.28. The predicted octanol–water partition coefficient (Wildman–Crippen LogP) is -0.0628. The Labute approximate surface area is 94.7 Å². The van der Waals surface area contributed by atoms with Gasteiger partial charge in [-0.15, -0.1) is 0 Å². The van der Waals surface area contributed by atoms with Gasteiger partial charge in [0.25, 0.3) is 0 Å². The molecule has 0 aromatic heterocycles. The van der Waals surface area contributed by atoms with Gasteiger partial charge in [0.15, 0.2) is 0 Å². The topological polar surface area (TPSA) is 81.4 Å². The Balaban J connectivity index is 1.75. The maximum Gasteiger partial charge on any atom is 0.229 e. The summed E-state index contributed by atoms with van der Waals surface area (Å²) < 4.78 is 4.95. The lowest BCUT2D eigenvalue weighted by Gasteiger charge is -2.37. The highest BCUT2D eigenvalue weighted by atomic mass is 16.5. The van der Waals surface area contributed by atoms with Gasteiger partial charge in [-0.2, -0.15) is 0 Å². The zero-order chi connectivity index (χ0) is 11.6. The second-order valence-corrected chi connectivity index (χ2v) is 4.93. The third kappa shape index (κ3) is 2.59. The minimum absolute atomic E-state index is 0.0234. The van der Waals surface area contributed by atoms with Gasteiger partial charge in [0.2, 0.25) is 11.8 Å². The van der Waals surface area contributed by atoms with Crippen LogP contribution in [0.25, 0.3) is 0 Å². The molecule has 5 heteroatoms. The molecule has 1 aliphatic carbocycles. The molecule has 0 spiro atoms. The Morgan fingerprint density at radius 2 is 1.94 bits per heavy atom. The van der Waals surface area contributed by atoms with Gasteiger partial charge in [-0.1, -0.05) is 12.8 Å². The second kappa shape index (κ2) is 4.51. The van der Waals surface area contributed by atoms with Crippen molar-refractivity contribution in [2.75, 3.05) is 13.2 Å². The molecule has 2 amide bonds. The van der Waals surface area contributed by atoms with Crippen LogP contribution in [-0.2, 0) is 14.3 Å². The van der Waals surface area contributed by atoms with Crippen LogP contribution in [0.3, 0.4) is 0 Å². The maximum absolute atomic E-state index is 11.6. The van der Waals surface area contributed by atoms with Crippen LogP contribution in [0.5, 0.6) is 0 Å². The third-order valence-electron chi connectivity index (χ3n) is 3.28. The first kappa shape index (κ1) is 11.5. The van der Waals surface area contributed by atoms with Crippen molar-refractivity contribution in [1.29, 1.82) is 0 Å². The molecular weight excluding hydrogens is 208 g/mol. The predicted molar refractivity (Wildman–Crippen MR) is 57.5 cm³/mol. The number of ether oxygens (including phenoxy) is 1. The van der Waals surface area contributed by atoms with E-state index in [0.29, 0.717) is 13.2 Å². The lowest BCUT2D eigenvalue weighted by atomic mass is 9.94. The van der Waals surface area contributed by atoms with Crippen LogP contribution >= 0.6 is 0 Å². The molecule has 0 aromatic rings. The number of rotatable bonds is 3. The SMILES string of the molecule is NC1(CC(=O)NC(=O)C2CCCC2)COC1. The summed E-state index contributed by atoms with van der Waals surface area (Å²) in [6, 6.07) is 0. The maximum atomic E-state index is 11.6. The highest BCUT2D eigenvalue weighted by Gasteiger charge is 2.37. The second-order valence-electron chi connectivity index (χ2n) is 4.93. The number of carbonyl (C=O) groups excluding carboxylic acids is 2. The highest BCUT2D eigenvalue weighted by Crippen LogP contribution is 2.25. The van der Waals surface area contributed by atoms with E-state index < -0.39 is 5.54 Å². The van der Waals surface area contributed by atoms with Gasteiger partial charge in [-0.3, -0.25) is 14.9 Å². The molecule has 1 saturated heterocycles. The van der Waals surface area contributed by atoms with Crippen molar-refractivity contribution in [2.24, 2.45) is 11.7 Å². The van der Waals surface area contributed by atoms with Gasteiger partial charge in [0.05, 0.1) is 18.8 Å². The van der Waals surface area contributed by atoms with Crippen molar-refractivity contribution >= 4 is 11.8 Å². The molecule has 0 atom stereocenters. The Bertz CT molecular complexity index is 294. The fraction of sp³-hybridized carbons (Fsp3) is 0.818. The molecule has 5 nitrogen and oxygen atoms in total. The Hall–Kier alpha value is -0.940. The quantitative estimate of drug-likeness (QED) is 0.706. The van der Waals surface area contributed by atoms with Crippen molar-refractivity contribution in [1.82, 2.24) is 5.32 Å². The van der Waals surface area contributed by atoms with Gasteiger partial charge >= 0.3 is 0 Å². The summed E-state index contributed by atoms with van der Waals surface area (Å²) >= 11 is 0. The minimum atomic E-state index is -0.556. The van der Waals surface area contributed by atoms with Crippen molar-refractivity contribution in [3.63, 3.8) is 0 Å². The minimum Gasteiger partial charge on any atom is -0.377 e. The normalized spacial score (nSPS) is 23.8. The van der Waals surface area contributed by atoms with E-state index in [1.54, 1.807) is 0 Å². The van der Waals surface area contributed by atoms with E-state index in [-0.39, 0.29) is 24.2 Å². The largest absolute Gasteiger partial charge is 0.377 e. The number of amides is 2. The van der Waals surface area contributed by atoms with Crippen LogP contribution in [0.1, 0.15) is 32.1 Å². The van der Waals surface area contributed by atoms with Gasteiger partial charge in [0.1, 0.15) is 0 Å². The highest BCUT2D eigenvalue weighted by molar-refractivity contribution is 5.96. The first-order chi connectivity index (χ1) is 7.59. The number of nitrogens with one attached hydrogen (secondary N) is 1. The van der Waals surface area contributed by atoms with Crippen LogP contribution < -0.4 is 11.1 Å². The standard InChI is InChI=1S/C11H18N2O3/c12-11(6-16-7-11)5-9(14)13-10(15)8-3-1-2-4-8/h8H,1-7,12H2,(H,13,14,15). The van der Waals surface area contributed by atoms with E-state index in [1.165, 1.54) is 0 Å². The average molecular weight is 226 g/mol. The molecule has 2 aliphatic rings. The van der Waals surface area contributed by atoms with E-state index >= 15 is 0 Å². The van der Waals surface area contributed by atoms with Gasteiger partial charge in [-0.25, -0.2) is 0 Å². The fourth-order valence-electron chi connectivity index (χ4n) is 2.26. The van der Waals surface area contributed by atoms with E-state index in [0.717, 1.165) is 25.7 Å². The molecule has 3 N–H and O–H groups in total. The van der Waals surface area contributed by atoms with Crippen LogP contribution in [0, 0.1) is 5.92 Å². The first-order valence-electron chi connectivity index (χ1n) is 5.79. The third-order valence-corrected chi connectivity index (χ3v) is 3.28. The number of hydrogen-bond donors (Lipinski definition) is 2. The van der Waals surface area contributed by atoms with E-state index in [1.807, 2.05) is 0 Å². The first-order valence-corrected chi connectivity index (χ1v) is 5.79. The molecule has 1 saturated carbocycles. The van der Waals surface area contributed by atoms with Crippen LogP contribution in [0.15, 0.2) is 0 Å². The van der Waals surface area contributed by atoms with Crippen molar-refractivity contribution < 1.29 is 14.3 Å². The summed E-state index contributed by atoms with van der Waals surface area (Å²) in [5, 5.41) is 2.43. The van der Waals surface area contributed by atoms with E-state index in [4.69, 9.17) is 10.5 Å². The number of nitrogens with two attached hydrogens (primary N) is 1. The lowest BCUT2D eigenvalue weighted by Crippen LogP contribution is -2.59. The molecule has 0 bridgehead atoms. The van der Waals surface area contributed by atoms with Crippen molar-refractivity contribution in [3.05, 3.63) is 0 Å². The molecule has 2 fully saturated rings. The van der Waals surface area contributed by atoms with Gasteiger partial charge in [0, 0.05) is 12.3 Å². The zero-order valence-corrected chi connectivity index (χ0v) is 9.33. The monoisotopic (exact) mass is 226 g/mol. The molecule has 90 valence electrons. The van der Waals surface area contributed by atoms with E-state index in [2.05, 4.69) is 5.32 Å². The van der Waals surface area contributed by atoms with Crippen LogP contribution in [-0.4, -0.2) is 30.6 Å². The molecule has 0 radical (unpaired) electrons. The lowest BCUT2D eigenvalue weighted by molar-refractivity contribution is -0.136. The van der Waals surface area contributed by atoms with Crippen LogP contribution in [0.4, 0.5) is 0 Å². The molecule has 1 heterocycles. The summed E-state index contributed by atoms with van der Waals surface area (Å²) in [7, 11) is 0. The molecule has 0 aromatic carbocycles. The fourth-order valence-corrected chi connectivity index (χ4v) is 2.26. The van der Waals surface area contributed by atoms with Gasteiger partial charge < -0.3 is 10.5 Å². The summed E-state index contributed by atoms with van der Waals surface area (Å²) in [4.78, 5) is 23.2. The van der Waals surface area contributed by atoms with Crippen LogP contribution in [0.2, 0.25) is 0 Å². The smallest absolute Gasteiger partial charge is 0.229 e. The van der Waals surface area contributed by atoms with Crippen molar-refractivity contribution in [3.8, 4) is 0 Å². The number of carbonyl (C=O) groups is 2. The average Bonchev–Trinajstić information content (AvgIpc) is 2.67. The molecule has 2 rings (SSSR count). The zero-order valence-electron chi connectivity index (χ0n) is 9.33. The summed E-state index contributed by atoms with van der Waals surface area (Å²) in [5.74, 6) is -0.385. The summed E-state index contributed by atoms with van der Waals surface area (Å²) in [6.07, 6.45) is 4.14. The molecular formula is C11H18N2O3. The van der Waals surface area contributed by atoms with Gasteiger partial charge in [-0.05, 0) is 12.8 Å².